The average Bonchev–Trinajstić information content (AvgIpc) is 3.45. The largest absolute Gasteiger partial charge is 0.309 e. The number of fused-ring (bicyclic) bond motifs is 7. The Morgan fingerprint density at radius 3 is 2.35 bits per heavy atom. The monoisotopic (exact) mass is 480 g/mol. The van der Waals surface area contributed by atoms with E-state index in [1.807, 2.05) is 6.34 Å². The molecule has 0 saturated heterocycles. The fraction of sp³-hybridized carbons (Fsp3) is 0.121. The number of hydrogen-bond acceptors (Lipinski definition) is 2. The quantitative estimate of drug-likeness (QED) is 0.205. The maximum atomic E-state index is 6.58. The third-order valence-corrected chi connectivity index (χ3v) is 7.55. The lowest BCUT2D eigenvalue weighted by atomic mass is 9.94. The van der Waals surface area contributed by atoms with Gasteiger partial charge in [0, 0.05) is 27.2 Å². The molecule has 2 heterocycles. The molecule has 0 fully saturated rings. The van der Waals surface area contributed by atoms with Crippen LogP contribution in [0.15, 0.2) is 120 Å². The van der Waals surface area contributed by atoms with E-state index in [2.05, 4.69) is 125 Å². The van der Waals surface area contributed by atoms with Crippen LogP contribution in [0.5, 0.6) is 0 Å². The van der Waals surface area contributed by atoms with Gasteiger partial charge in [-0.1, -0.05) is 85.8 Å². The number of aromatic nitrogens is 2. The van der Waals surface area contributed by atoms with Crippen molar-refractivity contribution < 1.29 is 0 Å². The van der Waals surface area contributed by atoms with Crippen LogP contribution in [0.2, 0.25) is 0 Å². The Labute approximate surface area is 215 Å². The molecule has 0 amide bonds. The molecule has 0 saturated carbocycles. The summed E-state index contributed by atoms with van der Waals surface area (Å²) in [6.07, 6.45) is 8.94. The molecule has 180 valence electrons. The predicted molar refractivity (Wildman–Crippen MR) is 157 cm³/mol. The molecule has 0 bridgehead atoms. The number of nitrogens with two attached hydrogens (primary N) is 1. The summed E-state index contributed by atoms with van der Waals surface area (Å²) in [5.41, 5.74) is 13.5. The summed E-state index contributed by atoms with van der Waals surface area (Å²) in [5, 5.41) is 4.88. The SMILES string of the molecule is CC1C=CC=C(C(N)N=Cn2c3ccccc3c3ccc4c(c5ccccc5n4-c4ccccc4)c32)C1. The van der Waals surface area contributed by atoms with E-state index in [1.54, 1.807) is 0 Å². The molecule has 1 aliphatic rings. The first-order chi connectivity index (χ1) is 18.2. The van der Waals surface area contributed by atoms with Gasteiger partial charge in [-0.2, -0.15) is 0 Å². The minimum absolute atomic E-state index is 0.367. The lowest BCUT2D eigenvalue weighted by Crippen LogP contribution is -2.23. The van der Waals surface area contributed by atoms with Gasteiger partial charge in [0.25, 0.3) is 0 Å². The van der Waals surface area contributed by atoms with Crippen molar-refractivity contribution in [2.45, 2.75) is 19.5 Å². The van der Waals surface area contributed by atoms with Crippen LogP contribution in [0, 0.1) is 5.92 Å². The fourth-order valence-electron chi connectivity index (χ4n) is 5.85. The second-order valence-corrected chi connectivity index (χ2v) is 9.95. The van der Waals surface area contributed by atoms with E-state index in [4.69, 9.17) is 10.7 Å². The second-order valence-electron chi connectivity index (χ2n) is 9.95. The van der Waals surface area contributed by atoms with Crippen LogP contribution in [-0.2, 0) is 0 Å². The maximum Gasteiger partial charge on any atom is 0.121 e. The first kappa shape index (κ1) is 21.8. The summed E-state index contributed by atoms with van der Waals surface area (Å²) < 4.78 is 4.59. The molecule has 1 aliphatic carbocycles. The molecule has 2 N–H and O–H groups in total. The molecule has 37 heavy (non-hydrogen) atoms. The first-order valence-electron chi connectivity index (χ1n) is 12.9. The zero-order valence-electron chi connectivity index (χ0n) is 20.8. The Morgan fingerprint density at radius 1 is 0.811 bits per heavy atom. The van der Waals surface area contributed by atoms with Crippen molar-refractivity contribution in [3.05, 3.63) is 115 Å². The van der Waals surface area contributed by atoms with Crippen LogP contribution in [-0.4, -0.2) is 21.6 Å². The minimum atomic E-state index is -0.367. The lowest BCUT2D eigenvalue weighted by molar-refractivity contribution is 0.648. The van der Waals surface area contributed by atoms with Crippen LogP contribution in [0.25, 0.3) is 49.3 Å². The van der Waals surface area contributed by atoms with Crippen molar-refractivity contribution in [2.75, 3.05) is 0 Å². The van der Waals surface area contributed by atoms with Gasteiger partial charge in [0.05, 0.1) is 28.4 Å². The van der Waals surface area contributed by atoms with Gasteiger partial charge < -0.3 is 10.3 Å². The highest BCUT2D eigenvalue weighted by molar-refractivity contribution is 6.27. The summed E-state index contributed by atoms with van der Waals surface area (Å²) in [6.45, 7) is 2.21. The smallest absolute Gasteiger partial charge is 0.121 e. The van der Waals surface area contributed by atoms with Gasteiger partial charge in [-0.25, -0.2) is 0 Å². The standard InChI is InChI=1S/C33H28N4/c1-22-10-9-11-23(20-22)33(34)35-21-36-28-16-7-5-14-25(28)26-18-19-30-31(32(26)36)27-15-6-8-17-29(27)37(30)24-12-3-2-4-13-24/h2-19,21-22,33H,20,34H2,1H3. The highest BCUT2D eigenvalue weighted by Crippen LogP contribution is 2.40. The third kappa shape index (κ3) is 3.45. The number of rotatable bonds is 4. The number of para-hydroxylation sites is 3. The topological polar surface area (TPSA) is 48.2 Å². The Hall–Kier alpha value is -4.41. The summed E-state index contributed by atoms with van der Waals surface area (Å²) in [4.78, 5) is 4.88. The molecule has 4 aromatic carbocycles. The normalized spacial score (nSPS) is 16.9. The summed E-state index contributed by atoms with van der Waals surface area (Å²) in [6, 6.07) is 32.3. The number of benzene rings is 4. The van der Waals surface area contributed by atoms with E-state index in [0.717, 1.165) is 28.7 Å². The average molecular weight is 481 g/mol. The van der Waals surface area contributed by atoms with Crippen molar-refractivity contribution in [1.29, 1.82) is 0 Å². The van der Waals surface area contributed by atoms with E-state index < -0.39 is 0 Å². The summed E-state index contributed by atoms with van der Waals surface area (Å²) in [7, 11) is 0. The minimum Gasteiger partial charge on any atom is -0.309 e. The lowest BCUT2D eigenvalue weighted by Gasteiger charge is -2.17. The van der Waals surface area contributed by atoms with Gasteiger partial charge in [0.2, 0.25) is 0 Å². The maximum absolute atomic E-state index is 6.58. The van der Waals surface area contributed by atoms with Crippen LogP contribution >= 0.6 is 0 Å². The van der Waals surface area contributed by atoms with Crippen molar-refractivity contribution in [3.63, 3.8) is 0 Å². The Bertz CT molecular complexity index is 1880. The van der Waals surface area contributed by atoms with Crippen molar-refractivity contribution in [3.8, 4) is 5.69 Å². The van der Waals surface area contributed by atoms with Crippen molar-refractivity contribution in [1.82, 2.24) is 9.13 Å². The van der Waals surface area contributed by atoms with Gasteiger partial charge >= 0.3 is 0 Å². The molecular formula is C33H28N4. The molecule has 4 heteroatoms. The molecule has 2 aromatic heterocycles. The molecule has 7 rings (SSSR count). The summed E-state index contributed by atoms with van der Waals surface area (Å²) in [5.74, 6) is 0.484. The van der Waals surface area contributed by atoms with Gasteiger partial charge in [-0.05, 0) is 48.2 Å². The van der Waals surface area contributed by atoms with Gasteiger partial charge in [-0.15, -0.1) is 0 Å². The third-order valence-electron chi connectivity index (χ3n) is 7.55. The highest BCUT2D eigenvalue weighted by atomic mass is 15.1. The van der Waals surface area contributed by atoms with Gasteiger partial charge in [-0.3, -0.25) is 9.56 Å². The van der Waals surface area contributed by atoms with E-state index in [1.165, 1.54) is 32.6 Å². The molecular weight excluding hydrogens is 452 g/mol. The predicted octanol–water partition coefficient (Wildman–Crippen LogP) is 7.58. The molecule has 2 unspecified atom stereocenters. The number of nitrogens with zero attached hydrogens (tertiary/aromatic N) is 3. The zero-order chi connectivity index (χ0) is 24.9. The number of hydrogen-bond donors (Lipinski definition) is 1. The van der Waals surface area contributed by atoms with Gasteiger partial charge in [0.15, 0.2) is 0 Å². The molecule has 0 spiro atoms. The first-order valence-corrected chi connectivity index (χ1v) is 12.9. The van der Waals surface area contributed by atoms with E-state index in [-0.39, 0.29) is 6.17 Å². The van der Waals surface area contributed by atoms with Crippen molar-refractivity contribution >= 4 is 50.0 Å². The second kappa shape index (κ2) is 8.61. The highest BCUT2D eigenvalue weighted by Gasteiger charge is 2.19. The van der Waals surface area contributed by atoms with Crippen molar-refractivity contribution in [2.24, 2.45) is 16.6 Å². The number of aliphatic imine (C=N–C) groups is 1. The van der Waals surface area contributed by atoms with E-state index in [9.17, 15) is 0 Å². The van der Waals surface area contributed by atoms with Crippen LogP contribution in [0.1, 0.15) is 13.3 Å². The molecule has 0 radical (unpaired) electrons. The Kier molecular flexibility index (Phi) is 5.08. The van der Waals surface area contributed by atoms with Crippen LogP contribution in [0.4, 0.5) is 0 Å². The Morgan fingerprint density at radius 2 is 1.54 bits per heavy atom. The zero-order valence-corrected chi connectivity index (χ0v) is 20.8. The molecule has 2 atom stereocenters. The fourth-order valence-corrected chi connectivity index (χ4v) is 5.85. The van der Waals surface area contributed by atoms with Crippen LogP contribution in [0.3, 0.4) is 0 Å². The molecule has 4 nitrogen and oxygen atoms in total. The van der Waals surface area contributed by atoms with E-state index >= 15 is 0 Å². The van der Waals surface area contributed by atoms with Gasteiger partial charge in [0.1, 0.15) is 6.17 Å². The van der Waals surface area contributed by atoms with Crippen LogP contribution < -0.4 is 5.73 Å². The summed E-state index contributed by atoms with van der Waals surface area (Å²) >= 11 is 0. The number of allylic oxidation sites excluding steroid dienone is 3. The molecule has 6 aromatic rings. The van der Waals surface area contributed by atoms with E-state index in [0.29, 0.717) is 5.92 Å². The Balaban J connectivity index is 1.54. The molecule has 0 aliphatic heterocycles.